The second-order valence-electron chi connectivity index (χ2n) is 5.89. The van der Waals surface area contributed by atoms with Gasteiger partial charge in [-0.2, -0.15) is 0 Å². The van der Waals surface area contributed by atoms with Gasteiger partial charge in [-0.05, 0) is 36.4 Å². The number of aryl methyl sites for hydroxylation is 1. The summed E-state index contributed by atoms with van der Waals surface area (Å²) in [4.78, 5) is 14.2. The maximum absolute atomic E-state index is 12.3. The third-order valence-electron chi connectivity index (χ3n) is 4.20. The Labute approximate surface area is 120 Å². The van der Waals surface area contributed by atoms with E-state index < -0.39 is 0 Å². The first-order chi connectivity index (χ1) is 9.58. The molecule has 2 N–H and O–H groups in total. The van der Waals surface area contributed by atoms with Crippen LogP contribution in [0.1, 0.15) is 25.3 Å². The van der Waals surface area contributed by atoms with E-state index in [1.165, 1.54) is 0 Å². The fraction of sp³-hybridized carbons (Fsp3) is 0.562. The summed E-state index contributed by atoms with van der Waals surface area (Å²) >= 11 is 0. The Balaban J connectivity index is 1.90. The lowest BCUT2D eigenvalue weighted by Gasteiger charge is -2.22. The quantitative estimate of drug-likeness (QED) is 0.892. The Morgan fingerprint density at radius 2 is 2.20 bits per heavy atom. The van der Waals surface area contributed by atoms with Gasteiger partial charge in [-0.15, -0.1) is 0 Å². The zero-order valence-electron chi connectivity index (χ0n) is 12.4. The number of likely N-dealkylation sites (tertiary alicyclic amines) is 1. The molecule has 0 aromatic heterocycles. The predicted molar refractivity (Wildman–Crippen MR) is 79.7 cm³/mol. The van der Waals surface area contributed by atoms with E-state index in [4.69, 9.17) is 10.5 Å². The van der Waals surface area contributed by atoms with Crippen molar-refractivity contribution in [2.45, 2.75) is 26.2 Å². The smallest absolute Gasteiger partial charge is 0.222 e. The van der Waals surface area contributed by atoms with Gasteiger partial charge in [-0.25, -0.2) is 0 Å². The van der Waals surface area contributed by atoms with Crippen LogP contribution in [0.4, 0.5) is 0 Å². The molecule has 2 rings (SSSR count). The molecule has 1 fully saturated rings. The molecule has 4 heteroatoms. The van der Waals surface area contributed by atoms with Crippen LogP contribution < -0.4 is 10.5 Å². The lowest BCUT2D eigenvalue weighted by Crippen LogP contribution is -2.34. The van der Waals surface area contributed by atoms with Gasteiger partial charge in [0.2, 0.25) is 5.91 Å². The van der Waals surface area contributed by atoms with Crippen molar-refractivity contribution in [3.8, 4) is 5.75 Å². The first kappa shape index (κ1) is 14.9. The summed E-state index contributed by atoms with van der Waals surface area (Å²) < 4.78 is 5.31. The van der Waals surface area contributed by atoms with Gasteiger partial charge in [0.15, 0.2) is 0 Å². The van der Waals surface area contributed by atoms with Crippen LogP contribution in [0.25, 0.3) is 0 Å². The van der Waals surface area contributed by atoms with Crippen LogP contribution in [-0.2, 0) is 11.2 Å². The van der Waals surface area contributed by atoms with Crippen LogP contribution in [-0.4, -0.2) is 37.6 Å². The number of rotatable bonds is 5. The van der Waals surface area contributed by atoms with Crippen molar-refractivity contribution in [1.82, 2.24) is 4.90 Å². The first-order valence-corrected chi connectivity index (χ1v) is 7.18. The molecule has 0 aliphatic carbocycles. The summed E-state index contributed by atoms with van der Waals surface area (Å²) in [6.07, 6.45) is 2.25. The number of carbonyl (C=O) groups excluding carboxylic acids is 1. The standard InChI is InChI=1S/C16H24N2O2/c1-16(11-17)9-10-18(12-16)15(19)8-7-13-5-3-4-6-14(13)20-2/h3-6H,7-12,17H2,1-2H3. The zero-order chi connectivity index (χ0) is 14.6. The number of nitrogens with zero attached hydrogens (tertiary/aromatic N) is 1. The number of nitrogens with two attached hydrogens (primary N) is 1. The topological polar surface area (TPSA) is 55.6 Å². The average Bonchev–Trinajstić information content (AvgIpc) is 2.88. The molecule has 1 saturated heterocycles. The van der Waals surface area contributed by atoms with Crippen molar-refractivity contribution in [2.24, 2.45) is 11.1 Å². The number of amides is 1. The van der Waals surface area contributed by atoms with Crippen molar-refractivity contribution < 1.29 is 9.53 Å². The fourth-order valence-corrected chi connectivity index (χ4v) is 2.71. The van der Waals surface area contributed by atoms with Crippen molar-refractivity contribution in [2.75, 3.05) is 26.7 Å². The Morgan fingerprint density at radius 1 is 1.45 bits per heavy atom. The van der Waals surface area contributed by atoms with Crippen molar-refractivity contribution >= 4 is 5.91 Å². The molecule has 1 heterocycles. The molecule has 1 aromatic rings. The molecule has 0 bridgehead atoms. The number of methoxy groups -OCH3 is 1. The second-order valence-corrected chi connectivity index (χ2v) is 5.89. The minimum absolute atomic E-state index is 0.0973. The third-order valence-corrected chi connectivity index (χ3v) is 4.20. The van der Waals surface area contributed by atoms with E-state index in [1.54, 1.807) is 7.11 Å². The summed E-state index contributed by atoms with van der Waals surface area (Å²) in [5.41, 5.74) is 6.96. The Bertz CT molecular complexity index is 475. The third kappa shape index (κ3) is 3.31. The molecule has 1 atom stereocenters. The number of hydrogen-bond acceptors (Lipinski definition) is 3. The Hall–Kier alpha value is -1.55. The van der Waals surface area contributed by atoms with Gasteiger partial charge in [0.05, 0.1) is 7.11 Å². The van der Waals surface area contributed by atoms with E-state index in [0.717, 1.165) is 37.2 Å². The van der Waals surface area contributed by atoms with Gasteiger partial charge in [0.25, 0.3) is 0 Å². The molecule has 1 amide bonds. The minimum atomic E-state index is 0.0973. The lowest BCUT2D eigenvalue weighted by molar-refractivity contribution is -0.130. The van der Waals surface area contributed by atoms with Crippen LogP contribution in [0, 0.1) is 5.41 Å². The monoisotopic (exact) mass is 276 g/mol. The molecular weight excluding hydrogens is 252 g/mol. The molecule has 4 nitrogen and oxygen atoms in total. The highest BCUT2D eigenvalue weighted by Crippen LogP contribution is 2.29. The summed E-state index contributed by atoms with van der Waals surface area (Å²) in [5, 5.41) is 0. The summed E-state index contributed by atoms with van der Waals surface area (Å²) in [5.74, 6) is 1.07. The average molecular weight is 276 g/mol. The highest BCUT2D eigenvalue weighted by atomic mass is 16.5. The zero-order valence-corrected chi connectivity index (χ0v) is 12.4. The van der Waals surface area contributed by atoms with Crippen molar-refractivity contribution in [3.63, 3.8) is 0 Å². The van der Waals surface area contributed by atoms with Crippen LogP contribution >= 0.6 is 0 Å². The number of benzene rings is 1. The predicted octanol–water partition coefficient (Wildman–Crippen LogP) is 1.83. The van der Waals surface area contributed by atoms with E-state index in [2.05, 4.69) is 6.92 Å². The molecule has 110 valence electrons. The van der Waals surface area contributed by atoms with Gasteiger partial charge in [0, 0.05) is 19.5 Å². The van der Waals surface area contributed by atoms with Gasteiger partial charge in [0.1, 0.15) is 5.75 Å². The number of carbonyl (C=O) groups is 1. The van der Waals surface area contributed by atoms with E-state index >= 15 is 0 Å². The van der Waals surface area contributed by atoms with Gasteiger partial charge >= 0.3 is 0 Å². The Kier molecular flexibility index (Phi) is 4.65. The highest BCUT2D eigenvalue weighted by molar-refractivity contribution is 5.77. The van der Waals surface area contributed by atoms with Gasteiger partial charge < -0.3 is 15.4 Å². The molecule has 1 unspecified atom stereocenters. The van der Waals surface area contributed by atoms with E-state index in [-0.39, 0.29) is 11.3 Å². The molecule has 1 aliphatic heterocycles. The van der Waals surface area contributed by atoms with Gasteiger partial charge in [-0.3, -0.25) is 4.79 Å². The number of ether oxygens (including phenoxy) is 1. The van der Waals surface area contributed by atoms with E-state index in [0.29, 0.717) is 13.0 Å². The maximum Gasteiger partial charge on any atom is 0.222 e. The number of hydrogen-bond donors (Lipinski definition) is 1. The van der Waals surface area contributed by atoms with Crippen molar-refractivity contribution in [1.29, 1.82) is 0 Å². The van der Waals surface area contributed by atoms with Crippen LogP contribution in [0.5, 0.6) is 5.75 Å². The summed E-state index contributed by atoms with van der Waals surface area (Å²) in [6, 6.07) is 7.86. The van der Waals surface area contributed by atoms with E-state index in [1.807, 2.05) is 29.2 Å². The van der Waals surface area contributed by atoms with Crippen molar-refractivity contribution in [3.05, 3.63) is 29.8 Å². The minimum Gasteiger partial charge on any atom is -0.496 e. The molecule has 0 spiro atoms. The lowest BCUT2D eigenvalue weighted by atomic mass is 9.90. The summed E-state index contributed by atoms with van der Waals surface area (Å²) in [6.45, 7) is 4.41. The molecule has 0 saturated carbocycles. The molecule has 1 aliphatic rings. The largest absolute Gasteiger partial charge is 0.496 e. The normalized spacial score (nSPS) is 22.1. The molecule has 0 radical (unpaired) electrons. The molecular formula is C16H24N2O2. The Morgan fingerprint density at radius 3 is 2.85 bits per heavy atom. The van der Waals surface area contributed by atoms with Crippen LogP contribution in [0.2, 0.25) is 0 Å². The summed E-state index contributed by atoms with van der Waals surface area (Å²) in [7, 11) is 1.66. The second kappa shape index (κ2) is 6.27. The highest BCUT2D eigenvalue weighted by Gasteiger charge is 2.34. The fourth-order valence-electron chi connectivity index (χ4n) is 2.71. The van der Waals surface area contributed by atoms with Crippen LogP contribution in [0.15, 0.2) is 24.3 Å². The first-order valence-electron chi connectivity index (χ1n) is 7.18. The van der Waals surface area contributed by atoms with Gasteiger partial charge in [-0.1, -0.05) is 25.1 Å². The maximum atomic E-state index is 12.3. The van der Waals surface area contributed by atoms with Crippen LogP contribution in [0.3, 0.4) is 0 Å². The molecule has 1 aromatic carbocycles. The molecule has 20 heavy (non-hydrogen) atoms. The SMILES string of the molecule is COc1ccccc1CCC(=O)N1CCC(C)(CN)C1. The van der Waals surface area contributed by atoms with E-state index in [9.17, 15) is 4.79 Å². The number of para-hydroxylation sites is 1.